The summed E-state index contributed by atoms with van der Waals surface area (Å²) in [7, 11) is 0. The number of fused-ring (bicyclic) bond motifs is 6. The van der Waals surface area contributed by atoms with Crippen LogP contribution in [-0.2, 0) is 0 Å². The van der Waals surface area contributed by atoms with Crippen LogP contribution in [0.1, 0.15) is 119 Å². The van der Waals surface area contributed by atoms with Gasteiger partial charge in [0.15, 0.2) is 0 Å². The molecule has 5 rings (SSSR count). The van der Waals surface area contributed by atoms with Gasteiger partial charge in [0.2, 0.25) is 0 Å². The number of hydrogen-bond donors (Lipinski definition) is 2. The van der Waals surface area contributed by atoms with Gasteiger partial charge in [-0.1, -0.05) is 48.5 Å². The highest BCUT2D eigenvalue weighted by molar-refractivity contribution is 5.13. The molecule has 5 aliphatic rings. The fourth-order valence-electron chi connectivity index (χ4n) is 11.7. The highest BCUT2D eigenvalue weighted by Gasteiger charge is 2.64. The lowest BCUT2D eigenvalue weighted by atomic mass is 9.42. The topological polar surface area (TPSA) is 40.5 Å². The van der Waals surface area contributed by atoms with Crippen molar-refractivity contribution in [3.63, 3.8) is 0 Å². The molecule has 2 nitrogen and oxygen atoms in total. The summed E-state index contributed by atoms with van der Waals surface area (Å²) in [6.07, 6.45) is 13.8. The largest absolute Gasteiger partial charge is 0.393 e. The Kier molecular flexibility index (Phi) is 5.34. The Morgan fingerprint density at radius 3 is 1.69 bits per heavy atom. The van der Waals surface area contributed by atoms with E-state index in [1.807, 2.05) is 0 Å². The van der Waals surface area contributed by atoms with Gasteiger partial charge in [0.05, 0.1) is 12.2 Å². The summed E-state index contributed by atoms with van der Waals surface area (Å²) in [4.78, 5) is 0. The normalized spacial score (nSPS) is 56.7. The third kappa shape index (κ3) is 3.03. The molecule has 0 spiro atoms. The van der Waals surface area contributed by atoms with Gasteiger partial charge in [0, 0.05) is 0 Å². The number of aliphatic hydroxyl groups is 2. The first-order chi connectivity index (χ1) is 14.8. The van der Waals surface area contributed by atoms with Crippen LogP contribution in [0, 0.1) is 56.7 Å². The van der Waals surface area contributed by atoms with E-state index in [9.17, 15) is 10.2 Å². The van der Waals surface area contributed by atoms with Crippen LogP contribution in [0.15, 0.2) is 0 Å². The summed E-state index contributed by atoms with van der Waals surface area (Å²) in [5.74, 6) is 3.83. The first-order valence-corrected chi connectivity index (χ1v) is 14.1. The molecule has 0 aromatic rings. The zero-order valence-electron chi connectivity index (χ0n) is 22.2. The molecule has 5 saturated carbocycles. The second-order valence-electron chi connectivity index (χ2n) is 15.3. The number of hydrogen-bond acceptors (Lipinski definition) is 2. The monoisotopic (exact) mass is 444 g/mol. The maximum atomic E-state index is 10.9. The summed E-state index contributed by atoms with van der Waals surface area (Å²) in [6.45, 7) is 17.4. The van der Waals surface area contributed by atoms with Gasteiger partial charge in [-0.25, -0.2) is 0 Å². The molecule has 2 heteroatoms. The van der Waals surface area contributed by atoms with Gasteiger partial charge in [0.25, 0.3) is 0 Å². The Morgan fingerprint density at radius 2 is 1.06 bits per heavy atom. The van der Waals surface area contributed by atoms with E-state index in [1.54, 1.807) is 0 Å². The van der Waals surface area contributed by atoms with E-state index in [0.717, 1.165) is 30.6 Å². The lowest BCUT2D eigenvalue weighted by Gasteiger charge is -2.64. The van der Waals surface area contributed by atoms with E-state index >= 15 is 0 Å². The smallest absolute Gasteiger partial charge is 0.0594 e. The second kappa shape index (κ2) is 7.22. The Labute approximate surface area is 198 Å². The zero-order chi connectivity index (χ0) is 23.3. The first kappa shape index (κ1) is 23.7. The van der Waals surface area contributed by atoms with Crippen molar-refractivity contribution >= 4 is 0 Å². The van der Waals surface area contributed by atoms with E-state index in [4.69, 9.17) is 0 Å². The van der Waals surface area contributed by atoms with Gasteiger partial charge in [0.1, 0.15) is 0 Å². The molecule has 0 aliphatic heterocycles. The van der Waals surface area contributed by atoms with Crippen LogP contribution < -0.4 is 0 Å². The molecule has 0 bridgehead atoms. The molecule has 0 unspecified atom stereocenters. The molecule has 0 amide bonds. The lowest BCUT2D eigenvalue weighted by Crippen LogP contribution is -2.58. The molecule has 0 heterocycles. The average molecular weight is 445 g/mol. The lowest BCUT2D eigenvalue weighted by molar-refractivity contribution is -0.174. The van der Waals surface area contributed by atoms with Crippen molar-refractivity contribution in [2.75, 3.05) is 0 Å². The summed E-state index contributed by atoms with van der Waals surface area (Å²) in [5, 5.41) is 21.8. The summed E-state index contributed by atoms with van der Waals surface area (Å²) in [6, 6.07) is 0. The van der Waals surface area contributed by atoms with Crippen LogP contribution in [0.25, 0.3) is 0 Å². The van der Waals surface area contributed by atoms with Crippen LogP contribution in [0.2, 0.25) is 0 Å². The van der Waals surface area contributed by atoms with Crippen LogP contribution in [0.3, 0.4) is 0 Å². The third-order valence-corrected chi connectivity index (χ3v) is 13.4. The quantitative estimate of drug-likeness (QED) is 0.414. The Hall–Kier alpha value is -0.0800. The van der Waals surface area contributed by atoms with Gasteiger partial charge in [-0.3, -0.25) is 0 Å². The van der Waals surface area contributed by atoms with Gasteiger partial charge in [-0.2, -0.15) is 0 Å². The fraction of sp³-hybridized carbons (Fsp3) is 1.00. The summed E-state index contributed by atoms with van der Waals surface area (Å²) < 4.78 is 0. The van der Waals surface area contributed by atoms with Crippen molar-refractivity contribution in [2.24, 2.45) is 56.7 Å². The maximum absolute atomic E-state index is 10.9. The van der Waals surface area contributed by atoms with E-state index < -0.39 is 0 Å². The Bertz CT molecular complexity index is 741. The van der Waals surface area contributed by atoms with E-state index in [2.05, 4.69) is 48.5 Å². The highest BCUT2D eigenvalue weighted by Crippen LogP contribution is 2.71. The average Bonchev–Trinajstić information content (AvgIpc) is 2.86. The van der Waals surface area contributed by atoms with Crippen molar-refractivity contribution in [3.8, 4) is 0 Å². The predicted molar refractivity (Wildman–Crippen MR) is 132 cm³/mol. The molecular formula is C30H52O2. The molecule has 184 valence electrons. The maximum Gasteiger partial charge on any atom is 0.0594 e. The number of aliphatic hydroxyl groups excluding tert-OH is 2. The minimum Gasteiger partial charge on any atom is -0.393 e. The van der Waals surface area contributed by atoms with Gasteiger partial charge in [-0.05, 0) is 127 Å². The first-order valence-electron chi connectivity index (χ1n) is 14.1. The minimum absolute atomic E-state index is 0.0496. The Morgan fingerprint density at radius 1 is 0.531 bits per heavy atom. The molecule has 32 heavy (non-hydrogen) atoms. The van der Waals surface area contributed by atoms with Gasteiger partial charge < -0.3 is 10.2 Å². The molecule has 0 radical (unpaired) electrons. The Balaban J connectivity index is 1.48. The SMILES string of the molecule is CC1(C)[C@@H](O)CC[C@@]2(C)[C@H]1CC[C@@]1(C)C[C@H]3CC[C@H]4C(C)(C)[C@@H](O)CC[C@]4(C)[C@H]3CC[C@@H]12. The van der Waals surface area contributed by atoms with Crippen molar-refractivity contribution in [3.05, 3.63) is 0 Å². The molecule has 5 fully saturated rings. The van der Waals surface area contributed by atoms with Crippen LogP contribution in [0.5, 0.6) is 0 Å². The molecule has 10 atom stereocenters. The van der Waals surface area contributed by atoms with Crippen molar-refractivity contribution in [1.82, 2.24) is 0 Å². The standard InChI is InChI=1S/C30H52O2/c1-26(2)21-10-8-19-18-28(5)15-12-22-27(3,4)25(32)14-17-30(22,7)23(28)11-9-20(19)29(21,6)16-13-24(26)31/h19-25,31-32H,8-18H2,1-7H3/t19-,20+,21+,22+,23+,24+,25+,28+,29-,30+/m1/s1. The molecule has 0 aromatic carbocycles. The van der Waals surface area contributed by atoms with Crippen LogP contribution in [0.4, 0.5) is 0 Å². The van der Waals surface area contributed by atoms with Crippen molar-refractivity contribution in [2.45, 2.75) is 131 Å². The fourth-order valence-corrected chi connectivity index (χ4v) is 11.7. The van der Waals surface area contributed by atoms with Crippen molar-refractivity contribution < 1.29 is 10.2 Å². The second-order valence-corrected chi connectivity index (χ2v) is 15.3. The highest BCUT2D eigenvalue weighted by atomic mass is 16.3. The third-order valence-electron chi connectivity index (χ3n) is 13.4. The van der Waals surface area contributed by atoms with Crippen molar-refractivity contribution in [1.29, 1.82) is 0 Å². The molecular weight excluding hydrogens is 392 g/mol. The molecule has 2 N–H and O–H groups in total. The number of rotatable bonds is 0. The molecule has 0 aromatic heterocycles. The van der Waals surface area contributed by atoms with Crippen LogP contribution >= 0.6 is 0 Å². The van der Waals surface area contributed by atoms with E-state index in [0.29, 0.717) is 28.1 Å². The molecule has 5 aliphatic carbocycles. The summed E-state index contributed by atoms with van der Waals surface area (Å²) >= 11 is 0. The minimum atomic E-state index is -0.131. The van der Waals surface area contributed by atoms with Gasteiger partial charge >= 0.3 is 0 Å². The predicted octanol–water partition coefficient (Wildman–Crippen LogP) is 7.22. The zero-order valence-corrected chi connectivity index (χ0v) is 22.2. The molecule has 0 saturated heterocycles. The van der Waals surface area contributed by atoms with Gasteiger partial charge in [-0.15, -0.1) is 0 Å². The van der Waals surface area contributed by atoms with E-state index in [-0.39, 0.29) is 23.0 Å². The van der Waals surface area contributed by atoms with E-state index in [1.165, 1.54) is 57.8 Å². The van der Waals surface area contributed by atoms with Crippen LogP contribution in [-0.4, -0.2) is 22.4 Å². The summed E-state index contributed by atoms with van der Waals surface area (Å²) in [5.41, 5.74) is 1.36.